The minimum absolute atomic E-state index is 0.119. The normalized spacial score (nSPS) is 10.9. The molecule has 0 bridgehead atoms. The van der Waals surface area contributed by atoms with Gasteiger partial charge in [0.2, 0.25) is 5.89 Å². The first-order valence-corrected chi connectivity index (χ1v) is 6.79. The third-order valence-electron chi connectivity index (χ3n) is 2.46. The number of rotatable bonds is 7. The Labute approximate surface area is 130 Å². The van der Waals surface area contributed by atoms with Crippen LogP contribution in [0.1, 0.15) is 5.89 Å². The van der Waals surface area contributed by atoms with E-state index in [-0.39, 0.29) is 16.1 Å². The standard InChI is InChI=1S/C12H13Cl2FN4O2/c1-20-3-2-16-6-10-18-19-12(21-10)17-11-8(13)4-7(15)5-9(11)14/h4-5,16H,2-3,6H2,1H3,(H,17,19). The molecule has 1 heterocycles. The molecule has 0 amide bonds. The van der Waals surface area contributed by atoms with Gasteiger partial charge >= 0.3 is 6.01 Å². The predicted molar refractivity (Wildman–Crippen MR) is 77.6 cm³/mol. The molecule has 0 atom stereocenters. The van der Waals surface area contributed by atoms with Gasteiger partial charge in [0.1, 0.15) is 5.82 Å². The van der Waals surface area contributed by atoms with Crippen LogP contribution in [0.5, 0.6) is 0 Å². The molecule has 1 aromatic heterocycles. The fourth-order valence-corrected chi connectivity index (χ4v) is 2.07. The molecular formula is C12H13Cl2FN4O2. The Kier molecular flexibility index (Phi) is 5.75. The third kappa shape index (κ3) is 4.53. The molecule has 2 N–H and O–H groups in total. The van der Waals surface area contributed by atoms with E-state index < -0.39 is 5.82 Å². The summed E-state index contributed by atoms with van der Waals surface area (Å²) < 4.78 is 23.3. The molecule has 0 aliphatic heterocycles. The Morgan fingerprint density at radius 1 is 1.29 bits per heavy atom. The van der Waals surface area contributed by atoms with Gasteiger partial charge in [-0.2, -0.15) is 0 Å². The van der Waals surface area contributed by atoms with Gasteiger partial charge in [-0.05, 0) is 12.1 Å². The minimum atomic E-state index is -0.524. The summed E-state index contributed by atoms with van der Waals surface area (Å²) in [5.41, 5.74) is 0.308. The average molecular weight is 335 g/mol. The fourth-order valence-electron chi connectivity index (χ4n) is 1.51. The molecule has 2 rings (SSSR count). The number of nitrogens with one attached hydrogen (secondary N) is 2. The summed E-state index contributed by atoms with van der Waals surface area (Å²) in [6, 6.07) is 2.40. The maximum absolute atomic E-state index is 13.1. The van der Waals surface area contributed by atoms with Crippen molar-refractivity contribution in [3.8, 4) is 0 Å². The topological polar surface area (TPSA) is 72.2 Å². The van der Waals surface area contributed by atoms with Gasteiger partial charge in [0.15, 0.2) is 0 Å². The van der Waals surface area contributed by atoms with Gasteiger partial charge in [-0.3, -0.25) is 0 Å². The number of nitrogens with zero attached hydrogens (tertiary/aromatic N) is 2. The lowest BCUT2D eigenvalue weighted by molar-refractivity contribution is 0.198. The van der Waals surface area contributed by atoms with Crippen molar-refractivity contribution in [3.05, 3.63) is 33.9 Å². The smallest absolute Gasteiger partial charge is 0.320 e. The van der Waals surface area contributed by atoms with Crippen molar-refractivity contribution in [2.45, 2.75) is 6.54 Å². The SMILES string of the molecule is COCCNCc1nnc(Nc2c(Cl)cc(F)cc2Cl)o1. The van der Waals surface area contributed by atoms with E-state index in [2.05, 4.69) is 20.8 Å². The van der Waals surface area contributed by atoms with E-state index in [1.165, 1.54) is 0 Å². The third-order valence-corrected chi connectivity index (χ3v) is 3.06. The molecule has 6 nitrogen and oxygen atoms in total. The summed E-state index contributed by atoms with van der Waals surface area (Å²) in [6.07, 6.45) is 0. The van der Waals surface area contributed by atoms with Crippen molar-refractivity contribution < 1.29 is 13.5 Å². The number of hydrogen-bond donors (Lipinski definition) is 2. The van der Waals surface area contributed by atoms with Gasteiger partial charge in [-0.15, -0.1) is 5.10 Å². The summed E-state index contributed by atoms with van der Waals surface area (Å²) in [6.45, 7) is 1.65. The minimum Gasteiger partial charge on any atom is -0.406 e. The van der Waals surface area contributed by atoms with E-state index in [9.17, 15) is 4.39 Å². The lowest BCUT2D eigenvalue weighted by Crippen LogP contribution is -2.18. The van der Waals surface area contributed by atoms with Crippen LogP contribution in [0, 0.1) is 5.82 Å². The molecule has 0 spiro atoms. The summed E-state index contributed by atoms with van der Waals surface area (Å²) in [5, 5.41) is 13.7. The van der Waals surface area contributed by atoms with Crippen LogP contribution in [0.15, 0.2) is 16.5 Å². The molecule has 0 aliphatic carbocycles. The van der Waals surface area contributed by atoms with Crippen LogP contribution in [0.3, 0.4) is 0 Å². The molecule has 0 saturated carbocycles. The maximum atomic E-state index is 13.1. The highest BCUT2D eigenvalue weighted by Gasteiger charge is 2.12. The summed E-state index contributed by atoms with van der Waals surface area (Å²) in [4.78, 5) is 0. The van der Waals surface area contributed by atoms with Crippen LogP contribution < -0.4 is 10.6 Å². The Bertz CT molecular complexity index is 586. The van der Waals surface area contributed by atoms with Gasteiger partial charge in [-0.25, -0.2) is 4.39 Å². The second-order valence-electron chi connectivity index (χ2n) is 4.04. The highest BCUT2D eigenvalue weighted by atomic mass is 35.5. The van der Waals surface area contributed by atoms with E-state index in [0.717, 1.165) is 12.1 Å². The quantitative estimate of drug-likeness (QED) is 0.758. The monoisotopic (exact) mass is 334 g/mol. The number of anilines is 2. The van der Waals surface area contributed by atoms with Crippen molar-refractivity contribution in [2.24, 2.45) is 0 Å². The van der Waals surface area contributed by atoms with Crippen molar-refractivity contribution in [2.75, 3.05) is 25.6 Å². The molecule has 0 aliphatic rings. The Morgan fingerprint density at radius 3 is 2.67 bits per heavy atom. The zero-order valence-corrected chi connectivity index (χ0v) is 12.6. The Balaban J connectivity index is 1.99. The number of aromatic nitrogens is 2. The summed E-state index contributed by atoms with van der Waals surface area (Å²) >= 11 is 11.8. The highest BCUT2D eigenvalue weighted by Crippen LogP contribution is 2.33. The van der Waals surface area contributed by atoms with Gasteiger partial charge in [0, 0.05) is 13.7 Å². The van der Waals surface area contributed by atoms with Gasteiger partial charge in [-0.1, -0.05) is 28.3 Å². The average Bonchev–Trinajstić information content (AvgIpc) is 2.87. The number of halogens is 3. The van der Waals surface area contributed by atoms with Crippen LogP contribution in [0.2, 0.25) is 10.0 Å². The first kappa shape index (κ1) is 16.0. The first-order valence-electron chi connectivity index (χ1n) is 6.03. The van der Waals surface area contributed by atoms with E-state index in [4.69, 9.17) is 32.4 Å². The number of benzene rings is 1. The van der Waals surface area contributed by atoms with E-state index in [1.807, 2.05) is 0 Å². The molecular weight excluding hydrogens is 322 g/mol. The number of methoxy groups -OCH3 is 1. The lowest BCUT2D eigenvalue weighted by atomic mass is 10.3. The fraction of sp³-hybridized carbons (Fsp3) is 0.333. The van der Waals surface area contributed by atoms with E-state index in [0.29, 0.717) is 31.3 Å². The van der Waals surface area contributed by atoms with Crippen molar-refractivity contribution in [1.82, 2.24) is 15.5 Å². The van der Waals surface area contributed by atoms with Crippen LogP contribution in [0.4, 0.5) is 16.1 Å². The van der Waals surface area contributed by atoms with Gasteiger partial charge in [0.25, 0.3) is 0 Å². The predicted octanol–water partition coefficient (Wildman–Crippen LogP) is 3.00. The molecule has 21 heavy (non-hydrogen) atoms. The molecule has 1 aromatic carbocycles. The maximum Gasteiger partial charge on any atom is 0.320 e. The number of hydrogen-bond acceptors (Lipinski definition) is 6. The van der Waals surface area contributed by atoms with Crippen molar-refractivity contribution >= 4 is 34.9 Å². The van der Waals surface area contributed by atoms with E-state index in [1.54, 1.807) is 7.11 Å². The zero-order valence-electron chi connectivity index (χ0n) is 11.1. The molecule has 2 aromatic rings. The number of ether oxygens (including phenoxy) is 1. The molecule has 0 radical (unpaired) electrons. The van der Waals surface area contributed by atoms with Crippen LogP contribution in [0.25, 0.3) is 0 Å². The van der Waals surface area contributed by atoms with Gasteiger partial charge in [0.05, 0.1) is 28.9 Å². The van der Waals surface area contributed by atoms with Gasteiger partial charge < -0.3 is 19.8 Å². The molecule has 114 valence electrons. The summed E-state index contributed by atoms with van der Waals surface area (Å²) in [7, 11) is 1.62. The Morgan fingerprint density at radius 2 is 2.00 bits per heavy atom. The zero-order chi connectivity index (χ0) is 15.2. The molecule has 0 fully saturated rings. The molecule has 9 heteroatoms. The van der Waals surface area contributed by atoms with Crippen molar-refractivity contribution in [3.63, 3.8) is 0 Å². The largest absolute Gasteiger partial charge is 0.406 e. The van der Waals surface area contributed by atoms with Crippen LogP contribution in [-0.4, -0.2) is 30.5 Å². The second kappa shape index (κ2) is 7.56. The Hall–Kier alpha value is -1.41. The van der Waals surface area contributed by atoms with Crippen LogP contribution in [-0.2, 0) is 11.3 Å². The first-order chi connectivity index (χ1) is 10.1. The summed E-state index contributed by atoms with van der Waals surface area (Å²) in [5.74, 6) is -0.132. The second-order valence-corrected chi connectivity index (χ2v) is 4.85. The highest BCUT2D eigenvalue weighted by molar-refractivity contribution is 6.39. The lowest BCUT2D eigenvalue weighted by Gasteiger charge is -2.06. The molecule has 0 saturated heterocycles. The van der Waals surface area contributed by atoms with Crippen LogP contribution >= 0.6 is 23.2 Å². The van der Waals surface area contributed by atoms with E-state index >= 15 is 0 Å². The van der Waals surface area contributed by atoms with Crippen molar-refractivity contribution in [1.29, 1.82) is 0 Å². The molecule has 0 unspecified atom stereocenters.